The van der Waals surface area contributed by atoms with E-state index in [1.165, 1.54) is 6.92 Å². The minimum Gasteiger partial charge on any atom is -0.369 e. The van der Waals surface area contributed by atoms with Crippen molar-refractivity contribution in [3.63, 3.8) is 0 Å². The number of carbonyl (C=O) groups excluding carboxylic acids is 2. The van der Waals surface area contributed by atoms with Crippen LogP contribution in [0.5, 0.6) is 0 Å². The van der Waals surface area contributed by atoms with Crippen LogP contribution in [0.3, 0.4) is 0 Å². The predicted octanol–water partition coefficient (Wildman–Crippen LogP) is 0.107. The first-order chi connectivity index (χ1) is 5.00. The van der Waals surface area contributed by atoms with Crippen LogP contribution in [0.25, 0.3) is 0 Å². The highest BCUT2D eigenvalue weighted by Crippen LogP contribution is 2.03. The van der Waals surface area contributed by atoms with Crippen LogP contribution >= 0.6 is 0 Å². The summed E-state index contributed by atoms with van der Waals surface area (Å²) in [5, 5.41) is 7.18. The van der Waals surface area contributed by atoms with Gasteiger partial charge in [-0.05, 0) is 6.42 Å². The van der Waals surface area contributed by atoms with E-state index >= 15 is 0 Å². The Hall–Kier alpha value is -1.19. The standard InChI is InChI=1S/C7H12N2O2/c1-3-5(7(9)11)6(8)4(2)10/h5,8H,3H2,1-2H3,(H2,9,11). The van der Waals surface area contributed by atoms with E-state index in [1.54, 1.807) is 6.92 Å². The lowest BCUT2D eigenvalue weighted by Gasteiger charge is -2.08. The first-order valence-corrected chi connectivity index (χ1v) is 3.39. The van der Waals surface area contributed by atoms with Crippen molar-refractivity contribution in [2.24, 2.45) is 11.7 Å². The van der Waals surface area contributed by atoms with E-state index in [0.717, 1.165) is 0 Å². The Balaban J connectivity index is 4.39. The third kappa shape index (κ3) is 2.49. The van der Waals surface area contributed by atoms with Crippen molar-refractivity contribution < 1.29 is 9.59 Å². The Labute approximate surface area is 65.3 Å². The van der Waals surface area contributed by atoms with Gasteiger partial charge < -0.3 is 11.1 Å². The molecule has 4 heteroatoms. The van der Waals surface area contributed by atoms with E-state index in [4.69, 9.17) is 11.1 Å². The molecule has 0 spiro atoms. The number of nitrogens with one attached hydrogen (secondary N) is 1. The second kappa shape index (κ2) is 3.85. The highest BCUT2D eigenvalue weighted by atomic mass is 16.1. The molecule has 0 aliphatic heterocycles. The number of primary amides is 1. The number of rotatable bonds is 4. The maximum absolute atomic E-state index is 10.6. The first-order valence-electron chi connectivity index (χ1n) is 3.39. The van der Waals surface area contributed by atoms with Crippen molar-refractivity contribution in [2.75, 3.05) is 0 Å². The predicted molar refractivity (Wildman–Crippen MR) is 41.4 cm³/mol. The molecular formula is C7H12N2O2. The second-order valence-electron chi connectivity index (χ2n) is 2.33. The molecule has 0 aromatic rings. The normalized spacial score (nSPS) is 12.2. The minimum atomic E-state index is -0.715. The zero-order chi connectivity index (χ0) is 9.02. The van der Waals surface area contributed by atoms with Crippen molar-refractivity contribution in [2.45, 2.75) is 20.3 Å². The highest BCUT2D eigenvalue weighted by Gasteiger charge is 2.21. The number of amides is 1. The van der Waals surface area contributed by atoms with Crippen LogP contribution in [0.2, 0.25) is 0 Å². The fourth-order valence-corrected chi connectivity index (χ4v) is 0.793. The van der Waals surface area contributed by atoms with Crippen molar-refractivity contribution in [3.8, 4) is 0 Å². The summed E-state index contributed by atoms with van der Waals surface area (Å²) < 4.78 is 0. The quantitative estimate of drug-likeness (QED) is 0.566. The highest BCUT2D eigenvalue weighted by molar-refractivity contribution is 6.41. The SMILES string of the molecule is CCC(C(=N)C(C)=O)C(N)=O. The van der Waals surface area contributed by atoms with Gasteiger partial charge in [0.1, 0.15) is 0 Å². The van der Waals surface area contributed by atoms with Gasteiger partial charge in [0.05, 0.1) is 11.6 Å². The summed E-state index contributed by atoms with van der Waals surface area (Å²) in [6.07, 6.45) is 0.410. The molecule has 0 aliphatic rings. The van der Waals surface area contributed by atoms with E-state index in [-0.39, 0.29) is 5.71 Å². The lowest BCUT2D eigenvalue weighted by molar-refractivity contribution is -0.121. The van der Waals surface area contributed by atoms with Gasteiger partial charge in [-0.15, -0.1) is 0 Å². The lowest BCUT2D eigenvalue weighted by Crippen LogP contribution is -2.32. The molecule has 11 heavy (non-hydrogen) atoms. The van der Waals surface area contributed by atoms with Crippen LogP contribution in [-0.4, -0.2) is 17.4 Å². The van der Waals surface area contributed by atoms with Gasteiger partial charge in [-0.3, -0.25) is 9.59 Å². The van der Waals surface area contributed by atoms with Crippen LogP contribution in [0.4, 0.5) is 0 Å². The smallest absolute Gasteiger partial charge is 0.226 e. The lowest BCUT2D eigenvalue weighted by atomic mass is 9.97. The molecule has 4 nitrogen and oxygen atoms in total. The molecule has 0 saturated carbocycles. The Bertz CT molecular complexity index is 199. The van der Waals surface area contributed by atoms with Crippen molar-refractivity contribution in [1.29, 1.82) is 5.41 Å². The Kier molecular flexibility index (Phi) is 3.44. The number of hydrogen-bond acceptors (Lipinski definition) is 3. The summed E-state index contributed by atoms with van der Waals surface area (Å²) in [5.41, 5.74) is 4.76. The van der Waals surface area contributed by atoms with Crippen LogP contribution in [0.1, 0.15) is 20.3 Å². The van der Waals surface area contributed by atoms with Crippen LogP contribution in [-0.2, 0) is 9.59 Å². The summed E-state index contributed by atoms with van der Waals surface area (Å²) in [5.74, 6) is -1.71. The Morgan fingerprint density at radius 3 is 2.09 bits per heavy atom. The van der Waals surface area contributed by atoms with E-state index < -0.39 is 17.6 Å². The maximum atomic E-state index is 10.6. The van der Waals surface area contributed by atoms with Gasteiger partial charge in [0.15, 0.2) is 5.78 Å². The van der Waals surface area contributed by atoms with Crippen molar-refractivity contribution in [3.05, 3.63) is 0 Å². The topological polar surface area (TPSA) is 84.0 Å². The number of nitrogens with two attached hydrogens (primary N) is 1. The molecule has 3 N–H and O–H groups in total. The molecule has 1 atom stereocenters. The minimum absolute atomic E-state index is 0.194. The van der Waals surface area contributed by atoms with Crippen molar-refractivity contribution in [1.82, 2.24) is 0 Å². The summed E-state index contributed by atoms with van der Waals surface area (Å²) in [6, 6.07) is 0. The van der Waals surface area contributed by atoms with Gasteiger partial charge in [-0.1, -0.05) is 6.92 Å². The molecule has 0 radical (unpaired) electrons. The zero-order valence-corrected chi connectivity index (χ0v) is 6.68. The first kappa shape index (κ1) is 9.81. The van der Waals surface area contributed by atoms with E-state index in [9.17, 15) is 9.59 Å². The molecule has 62 valence electrons. The third-order valence-electron chi connectivity index (χ3n) is 1.48. The molecule has 0 saturated heterocycles. The molecule has 0 aliphatic carbocycles. The Morgan fingerprint density at radius 1 is 1.55 bits per heavy atom. The van der Waals surface area contributed by atoms with Gasteiger partial charge >= 0.3 is 0 Å². The molecule has 0 aromatic heterocycles. The maximum Gasteiger partial charge on any atom is 0.226 e. The second-order valence-corrected chi connectivity index (χ2v) is 2.33. The third-order valence-corrected chi connectivity index (χ3v) is 1.48. The van der Waals surface area contributed by atoms with Gasteiger partial charge in [0, 0.05) is 6.92 Å². The zero-order valence-electron chi connectivity index (χ0n) is 6.68. The fourth-order valence-electron chi connectivity index (χ4n) is 0.793. The number of Topliss-reactive ketones (excluding diaryl/α,β-unsaturated/α-hetero) is 1. The molecule has 0 rings (SSSR count). The van der Waals surface area contributed by atoms with Crippen LogP contribution in [0.15, 0.2) is 0 Å². The Morgan fingerprint density at radius 2 is 2.00 bits per heavy atom. The number of hydrogen-bond donors (Lipinski definition) is 2. The van der Waals surface area contributed by atoms with E-state index in [2.05, 4.69) is 0 Å². The molecular weight excluding hydrogens is 144 g/mol. The van der Waals surface area contributed by atoms with Gasteiger partial charge in [-0.2, -0.15) is 0 Å². The molecule has 0 fully saturated rings. The number of carbonyl (C=O) groups is 2. The summed E-state index contributed by atoms with van der Waals surface area (Å²) in [6.45, 7) is 2.97. The van der Waals surface area contributed by atoms with Gasteiger partial charge in [0.25, 0.3) is 0 Å². The largest absolute Gasteiger partial charge is 0.369 e. The van der Waals surface area contributed by atoms with Crippen LogP contribution in [0, 0.1) is 11.3 Å². The summed E-state index contributed by atoms with van der Waals surface area (Å²) >= 11 is 0. The molecule has 0 aromatic carbocycles. The summed E-state index contributed by atoms with van der Waals surface area (Å²) in [7, 11) is 0. The average molecular weight is 156 g/mol. The summed E-state index contributed by atoms with van der Waals surface area (Å²) in [4.78, 5) is 21.2. The monoisotopic (exact) mass is 156 g/mol. The van der Waals surface area contributed by atoms with Gasteiger partial charge in [-0.25, -0.2) is 0 Å². The fraction of sp³-hybridized carbons (Fsp3) is 0.571. The van der Waals surface area contributed by atoms with Crippen LogP contribution < -0.4 is 5.73 Å². The average Bonchev–Trinajstić information content (AvgIpc) is 1.88. The molecule has 1 unspecified atom stereocenters. The molecule has 1 amide bonds. The molecule has 0 bridgehead atoms. The number of ketones is 1. The van der Waals surface area contributed by atoms with Crippen molar-refractivity contribution >= 4 is 17.4 Å². The van der Waals surface area contributed by atoms with E-state index in [0.29, 0.717) is 6.42 Å². The molecule has 0 heterocycles. The van der Waals surface area contributed by atoms with E-state index in [1.807, 2.05) is 0 Å². The van der Waals surface area contributed by atoms with Gasteiger partial charge in [0.2, 0.25) is 5.91 Å².